The molecule has 0 fully saturated rings. The molecule has 29 heavy (non-hydrogen) atoms. The minimum absolute atomic E-state index is 0.201. The smallest absolute Gasteiger partial charge is 0.338 e. The quantitative estimate of drug-likeness (QED) is 0.488. The lowest BCUT2D eigenvalue weighted by atomic mass is 10.2. The second-order valence-corrected chi connectivity index (χ2v) is 6.54. The van der Waals surface area contributed by atoms with Crippen molar-refractivity contribution >= 4 is 23.8 Å². The molecular formula is C23H22N2O4. The summed E-state index contributed by atoms with van der Waals surface area (Å²) in [5.74, 6) is -1.32. The normalized spacial score (nSPS) is 11.0. The fourth-order valence-electron chi connectivity index (χ4n) is 3.14. The predicted molar refractivity (Wildman–Crippen MR) is 112 cm³/mol. The summed E-state index contributed by atoms with van der Waals surface area (Å²) in [6, 6.07) is 15.8. The number of aromatic nitrogens is 1. The summed E-state index contributed by atoms with van der Waals surface area (Å²) in [6.45, 7) is 6.10. The maximum atomic E-state index is 11.8. The standard InChI is InChI=1S/C23H22N2O4/c1-4-29-23(28)17-8-10-21(11-9-17)25-15(2)12-19(16(25)3)14-24-20-7-5-6-18(13-20)22(26)27/h5-14H,4H2,1-3H3,(H,26,27). The molecule has 0 bridgehead atoms. The van der Waals surface area contributed by atoms with Gasteiger partial charge in [-0.25, -0.2) is 9.59 Å². The van der Waals surface area contributed by atoms with Crippen molar-refractivity contribution in [2.75, 3.05) is 6.61 Å². The van der Waals surface area contributed by atoms with Crippen LogP contribution in [0.1, 0.15) is 44.6 Å². The van der Waals surface area contributed by atoms with E-state index in [0.717, 1.165) is 22.6 Å². The Morgan fingerprint density at radius 3 is 2.45 bits per heavy atom. The maximum absolute atomic E-state index is 11.8. The molecule has 0 aliphatic rings. The second kappa shape index (κ2) is 8.56. The van der Waals surface area contributed by atoms with Crippen molar-refractivity contribution in [3.05, 3.63) is 82.7 Å². The van der Waals surface area contributed by atoms with E-state index in [9.17, 15) is 9.59 Å². The fourth-order valence-corrected chi connectivity index (χ4v) is 3.14. The van der Waals surface area contributed by atoms with Gasteiger partial charge in [-0.05, 0) is 69.3 Å². The topological polar surface area (TPSA) is 80.9 Å². The molecule has 0 aliphatic heterocycles. The van der Waals surface area contributed by atoms with Crippen LogP contribution in [0.25, 0.3) is 5.69 Å². The first-order valence-corrected chi connectivity index (χ1v) is 9.24. The zero-order valence-corrected chi connectivity index (χ0v) is 16.5. The van der Waals surface area contributed by atoms with Crippen LogP contribution in [0.4, 0.5) is 5.69 Å². The van der Waals surface area contributed by atoms with Gasteiger partial charge in [-0.2, -0.15) is 0 Å². The molecule has 3 rings (SSSR count). The van der Waals surface area contributed by atoms with Gasteiger partial charge in [0.25, 0.3) is 0 Å². The summed E-state index contributed by atoms with van der Waals surface area (Å²) in [4.78, 5) is 27.4. The van der Waals surface area contributed by atoms with Crippen molar-refractivity contribution in [2.24, 2.45) is 4.99 Å². The molecule has 0 saturated carbocycles. The van der Waals surface area contributed by atoms with E-state index in [1.54, 1.807) is 37.4 Å². The molecule has 0 saturated heterocycles. The highest BCUT2D eigenvalue weighted by Gasteiger charge is 2.11. The first-order chi connectivity index (χ1) is 13.9. The van der Waals surface area contributed by atoms with Crippen LogP contribution in [0.15, 0.2) is 59.6 Å². The summed E-state index contributed by atoms with van der Waals surface area (Å²) < 4.78 is 7.10. The number of aromatic carboxylic acids is 1. The molecule has 148 valence electrons. The van der Waals surface area contributed by atoms with E-state index in [1.165, 1.54) is 12.1 Å². The average Bonchev–Trinajstić information content (AvgIpc) is 3.00. The number of aliphatic imine (C=N–C) groups is 1. The highest BCUT2D eigenvalue weighted by molar-refractivity contribution is 5.90. The van der Waals surface area contributed by atoms with E-state index in [-0.39, 0.29) is 11.5 Å². The zero-order valence-electron chi connectivity index (χ0n) is 16.5. The molecule has 0 spiro atoms. The van der Waals surface area contributed by atoms with Crippen molar-refractivity contribution < 1.29 is 19.4 Å². The predicted octanol–water partition coefficient (Wildman–Crippen LogP) is 4.72. The van der Waals surface area contributed by atoms with E-state index in [0.29, 0.717) is 17.9 Å². The number of benzene rings is 2. The van der Waals surface area contributed by atoms with Crippen molar-refractivity contribution in [3.63, 3.8) is 0 Å². The molecule has 6 nitrogen and oxygen atoms in total. The van der Waals surface area contributed by atoms with Crippen molar-refractivity contribution in [1.29, 1.82) is 0 Å². The van der Waals surface area contributed by atoms with Gasteiger partial charge in [-0.3, -0.25) is 4.99 Å². The number of hydrogen-bond donors (Lipinski definition) is 1. The maximum Gasteiger partial charge on any atom is 0.338 e. The van der Waals surface area contributed by atoms with Gasteiger partial charge in [-0.1, -0.05) is 6.07 Å². The van der Waals surface area contributed by atoms with E-state index >= 15 is 0 Å². The van der Waals surface area contributed by atoms with E-state index in [2.05, 4.69) is 9.56 Å². The van der Waals surface area contributed by atoms with Gasteiger partial charge in [0.1, 0.15) is 0 Å². The van der Waals surface area contributed by atoms with Gasteiger partial charge in [0.15, 0.2) is 0 Å². The SMILES string of the molecule is CCOC(=O)c1ccc(-n2c(C)cc(C=Nc3cccc(C(=O)O)c3)c2C)cc1. The molecule has 3 aromatic rings. The lowest BCUT2D eigenvalue weighted by Gasteiger charge is -2.10. The Kier molecular flexibility index (Phi) is 5.93. The Hall–Kier alpha value is -3.67. The monoisotopic (exact) mass is 390 g/mol. The van der Waals surface area contributed by atoms with Gasteiger partial charge in [-0.15, -0.1) is 0 Å². The Labute approximate surface area is 169 Å². The number of carboxylic acids is 1. The molecule has 0 amide bonds. The first-order valence-electron chi connectivity index (χ1n) is 9.24. The summed E-state index contributed by atoms with van der Waals surface area (Å²) >= 11 is 0. The van der Waals surface area contributed by atoms with Gasteiger partial charge < -0.3 is 14.4 Å². The second-order valence-electron chi connectivity index (χ2n) is 6.54. The van der Waals surface area contributed by atoms with Crippen LogP contribution < -0.4 is 0 Å². The van der Waals surface area contributed by atoms with Gasteiger partial charge in [0.2, 0.25) is 0 Å². The molecule has 0 aliphatic carbocycles. The molecule has 0 radical (unpaired) electrons. The summed E-state index contributed by atoms with van der Waals surface area (Å²) in [7, 11) is 0. The lowest BCUT2D eigenvalue weighted by molar-refractivity contribution is 0.0526. The Morgan fingerprint density at radius 1 is 1.07 bits per heavy atom. The van der Waals surface area contributed by atoms with E-state index in [1.807, 2.05) is 32.0 Å². The average molecular weight is 390 g/mol. The third-order valence-electron chi connectivity index (χ3n) is 4.55. The molecule has 1 aromatic heterocycles. The minimum atomic E-state index is -0.980. The Bertz CT molecular complexity index is 1080. The largest absolute Gasteiger partial charge is 0.478 e. The molecular weight excluding hydrogens is 368 g/mol. The number of carbonyl (C=O) groups is 2. The van der Waals surface area contributed by atoms with E-state index < -0.39 is 5.97 Å². The molecule has 1 heterocycles. The number of carboxylic acid groups (broad SMARTS) is 1. The number of rotatable bonds is 6. The number of carbonyl (C=O) groups excluding carboxylic acids is 1. The lowest BCUT2D eigenvalue weighted by Crippen LogP contribution is -2.05. The number of nitrogens with zero attached hydrogens (tertiary/aromatic N) is 2. The molecule has 1 N–H and O–H groups in total. The summed E-state index contributed by atoms with van der Waals surface area (Å²) in [5.41, 5.74) is 5.16. The Morgan fingerprint density at radius 2 is 1.79 bits per heavy atom. The highest BCUT2D eigenvalue weighted by Crippen LogP contribution is 2.22. The molecule has 2 aromatic carbocycles. The summed E-state index contributed by atoms with van der Waals surface area (Å²) in [5, 5.41) is 9.10. The van der Waals surface area contributed by atoms with Crippen LogP contribution in [0.2, 0.25) is 0 Å². The number of aryl methyl sites for hydroxylation is 1. The van der Waals surface area contributed by atoms with Gasteiger partial charge >= 0.3 is 11.9 Å². The zero-order chi connectivity index (χ0) is 21.0. The van der Waals surface area contributed by atoms with Crippen molar-refractivity contribution in [1.82, 2.24) is 4.57 Å². The van der Waals surface area contributed by atoms with Crippen molar-refractivity contribution in [3.8, 4) is 5.69 Å². The number of esters is 1. The van der Waals surface area contributed by atoms with Crippen LogP contribution >= 0.6 is 0 Å². The third kappa shape index (κ3) is 4.43. The number of hydrogen-bond acceptors (Lipinski definition) is 4. The van der Waals surface area contributed by atoms with Crippen LogP contribution in [-0.4, -0.2) is 34.4 Å². The van der Waals surface area contributed by atoms with Crippen molar-refractivity contribution in [2.45, 2.75) is 20.8 Å². The van der Waals surface area contributed by atoms with Crippen LogP contribution in [0.3, 0.4) is 0 Å². The Balaban J connectivity index is 1.88. The van der Waals surface area contributed by atoms with Crippen LogP contribution in [0.5, 0.6) is 0 Å². The number of ether oxygens (including phenoxy) is 1. The van der Waals surface area contributed by atoms with Crippen LogP contribution in [0, 0.1) is 13.8 Å². The van der Waals surface area contributed by atoms with E-state index in [4.69, 9.17) is 9.84 Å². The minimum Gasteiger partial charge on any atom is -0.478 e. The van der Waals surface area contributed by atoms with Crippen LogP contribution in [-0.2, 0) is 4.74 Å². The van der Waals surface area contributed by atoms with Gasteiger partial charge in [0, 0.05) is 28.9 Å². The summed E-state index contributed by atoms with van der Waals surface area (Å²) in [6.07, 6.45) is 1.73. The fraction of sp³-hybridized carbons (Fsp3) is 0.174. The van der Waals surface area contributed by atoms with Gasteiger partial charge in [0.05, 0.1) is 23.4 Å². The third-order valence-corrected chi connectivity index (χ3v) is 4.55. The molecule has 0 unspecified atom stereocenters. The molecule has 0 atom stereocenters. The first kappa shape index (κ1) is 20.1. The molecule has 6 heteroatoms. The highest BCUT2D eigenvalue weighted by atomic mass is 16.5.